The van der Waals surface area contributed by atoms with Crippen molar-refractivity contribution in [2.75, 3.05) is 13.7 Å². The van der Waals surface area contributed by atoms with Gasteiger partial charge in [-0.2, -0.15) is 0 Å². The average molecular weight is 90.1 g/mol. The molecule has 0 aromatic heterocycles. The Labute approximate surface area is 37.2 Å². The molecular weight excluding hydrogens is 80.0 g/mol. The topological polar surface area (TPSA) is 58.3 Å². The molecule has 3 nitrogen and oxygen atoms in total. The molecule has 0 saturated carbocycles. The van der Waals surface area contributed by atoms with Crippen LogP contribution in [-0.4, -0.2) is 24.9 Å². The second-order valence-electron chi connectivity index (χ2n) is 1.08. The molecular formula is C3H10N2O. The first-order valence-electron chi connectivity index (χ1n) is 1.85. The van der Waals surface area contributed by atoms with Gasteiger partial charge in [-0.15, -0.1) is 0 Å². The fourth-order valence-corrected chi connectivity index (χ4v) is 0.0913. The quantitative estimate of drug-likeness (QED) is 0.361. The van der Waals surface area contributed by atoms with Crippen LogP contribution in [0.3, 0.4) is 0 Å². The van der Waals surface area contributed by atoms with E-state index in [9.17, 15) is 0 Å². The fourth-order valence-electron chi connectivity index (χ4n) is 0.0913. The Hall–Kier alpha value is -0.120. The number of nitrogens with two attached hydrogens (primary N) is 1. The molecule has 0 fully saturated rings. The summed E-state index contributed by atoms with van der Waals surface area (Å²) in [5.74, 6) is 0. The van der Waals surface area contributed by atoms with E-state index in [-0.39, 0.29) is 12.8 Å². The van der Waals surface area contributed by atoms with E-state index in [0.717, 1.165) is 0 Å². The molecule has 1 atom stereocenters. The molecule has 0 rings (SSSR count). The van der Waals surface area contributed by atoms with Crippen LogP contribution in [0.25, 0.3) is 0 Å². The number of hydrogen-bond donors (Lipinski definition) is 3. The van der Waals surface area contributed by atoms with Gasteiger partial charge in [0, 0.05) is 0 Å². The van der Waals surface area contributed by atoms with E-state index >= 15 is 0 Å². The van der Waals surface area contributed by atoms with Crippen molar-refractivity contribution in [1.82, 2.24) is 5.32 Å². The highest BCUT2D eigenvalue weighted by molar-refractivity contribution is 4.47. The van der Waals surface area contributed by atoms with Crippen molar-refractivity contribution < 1.29 is 5.11 Å². The average Bonchev–Trinajstić information content (AvgIpc) is 1.65. The van der Waals surface area contributed by atoms with Gasteiger partial charge in [0.2, 0.25) is 0 Å². The first-order chi connectivity index (χ1) is 2.81. The van der Waals surface area contributed by atoms with Gasteiger partial charge < -0.3 is 16.2 Å². The van der Waals surface area contributed by atoms with Gasteiger partial charge in [-0.05, 0) is 7.05 Å². The first-order valence-corrected chi connectivity index (χ1v) is 1.85. The van der Waals surface area contributed by atoms with Gasteiger partial charge in [-0.3, -0.25) is 0 Å². The maximum absolute atomic E-state index is 8.15. The third kappa shape index (κ3) is 2.14. The van der Waals surface area contributed by atoms with Crippen LogP contribution in [-0.2, 0) is 0 Å². The first kappa shape index (κ1) is 5.88. The van der Waals surface area contributed by atoms with Gasteiger partial charge in [0.15, 0.2) is 0 Å². The lowest BCUT2D eigenvalue weighted by atomic mass is 10.6. The third-order valence-electron chi connectivity index (χ3n) is 0.567. The molecule has 0 spiro atoms. The zero-order valence-electron chi connectivity index (χ0n) is 3.81. The number of hydrogen-bond acceptors (Lipinski definition) is 3. The van der Waals surface area contributed by atoms with Gasteiger partial charge in [0.05, 0.1) is 12.8 Å². The highest BCUT2D eigenvalue weighted by Crippen LogP contribution is 1.57. The predicted octanol–water partition coefficient (Wildman–Crippen LogP) is -1.52. The molecule has 0 heterocycles. The van der Waals surface area contributed by atoms with Crippen molar-refractivity contribution in [2.24, 2.45) is 5.73 Å². The molecule has 0 radical (unpaired) electrons. The molecule has 0 aromatic rings. The van der Waals surface area contributed by atoms with Gasteiger partial charge in [0.25, 0.3) is 0 Å². The van der Waals surface area contributed by atoms with E-state index in [1.165, 1.54) is 0 Å². The third-order valence-corrected chi connectivity index (χ3v) is 0.567. The van der Waals surface area contributed by atoms with E-state index in [0.29, 0.717) is 0 Å². The van der Waals surface area contributed by atoms with Crippen LogP contribution in [0.15, 0.2) is 0 Å². The molecule has 38 valence electrons. The normalized spacial score (nSPS) is 14.5. The molecule has 0 amide bonds. The van der Waals surface area contributed by atoms with Crippen LogP contribution >= 0.6 is 0 Å². The SMILES string of the molecule is CN[C@H](N)CO. The Kier molecular flexibility index (Phi) is 3.02. The molecule has 4 N–H and O–H groups in total. The van der Waals surface area contributed by atoms with Gasteiger partial charge >= 0.3 is 0 Å². The predicted molar refractivity (Wildman–Crippen MR) is 24.1 cm³/mol. The van der Waals surface area contributed by atoms with E-state index in [4.69, 9.17) is 10.8 Å². The number of rotatable bonds is 2. The summed E-state index contributed by atoms with van der Waals surface area (Å²) in [5, 5.41) is 10.8. The Morgan fingerprint density at radius 1 is 2.00 bits per heavy atom. The summed E-state index contributed by atoms with van der Waals surface area (Å²) >= 11 is 0. The molecule has 0 bridgehead atoms. The van der Waals surface area contributed by atoms with Crippen molar-refractivity contribution >= 4 is 0 Å². The van der Waals surface area contributed by atoms with Crippen LogP contribution in [0.2, 0.25) is 0 Å². The molecule has 0 unspecified atom stereocenters. The molecule has 0 aliphatic heterocycles. The van der Waals surface area contributed by atoms with Crippen LogP contribution in [0.1, 0.15) is 0 Å². The maximum Gasteiger partial charge on any atom is 0.0782 e. The largest absolute Gasteiger partial charge is 0.393 e. The molecule has 3 heteroatoms. The summed E-state index contributed by atoms with van der Waals surface area (Å²) in [5.41, 5.74) is 5.11. The Morgan fingerprint density at radius 2 is 2.50 bits per heavy atom. The van der Waals surface area contributed by atoms with Crippen LogP contribution < -0.4 is 11.1 Å². The van der Waals surface area contributed by atoms with Crippen molar-refractivity contribution in [3.8, 4) is 0 Å². The summed E-state index contributed by atoms with van der Waals surface area (Å²) in [6.45, 7) is -0.00347. The van der Waals surface area contributed by atoms with Crippen LogP contribution in [0, 0.1) is 0 Å². The van der Waals surface area contributed by atoms with E-state index < -0.39 is 0 Å². The minimum atomic E-state index is -0.259. The molecule has 0 aliphatic rings. The van der Waals surface area contributed by atoms with E-state index in [1.807, 2.05) is 0 Å². The van der Waals surface area contributed by atoms with Gasteiger partial charge in [0.1, 0.15) is 0 Å². The number of nitrogens with one attached hydrogen (secondary N) is 1. The minimum Gasteiger partial charge on any atom is -0.393 e. The Balaban J connectivity index is 2.75. The lowest BCUT2D eigenvalue weighted by Gasteiger charge is -2.01. The van der Waals surface area contributed by atoms with Crippen molar-refractivity contribution in [3.63, 3.8) is 0 Å². The van der Waals surface area contributed by atoms with Crippen LogP contribution in [0.5, 0.6) is 0 Å². The zero-order valence-corrected chi connectivity index (χ0v) is 3.81. The molecule has 0 saturated heterocycles. The molecule has 0 aromatic carbocycles. The minimum absolute atomic E-state index is 0.00347. The van der Waals surface area contributed by atoms with Gasteiger partial charge in [-0.1, -0.05) is 0 Å². The summed E-state index contributed by atoms with van der Waals surface area (Å²) in [6, 6.07) is 0. The second-order valence-corrected chi connectivity index (χ2v) is 1.08. The monoisotopic (exact) mass is 90.1 g/mol. The van der Waals surface area contributed by atoms with E-state index in [1.54, 1.807) is 7.05 Å². The number of aliphatic hydroxyl groups is 1. The fraction of sp³-hybridized carbons (Fsp3) is 1.00. The van der Waals surface area contributed by atoms with Crippen LogP contribution in [0.4, 0.5) is 0 Å². The second kappa shape index (κ2) is 3.08. The van der Waals surface area contributed by atoms with E-state index in [2.05, 4.69) is 5.32 Å². The number of aliphatic hydroxyl groups excluding tert-OH is 1. The zero-order chi connectivity index (χ0) is 4.99. The summed E-state index contributed by atoms with van der Waals surface area (Å²) in [6.07, 6.45) is -0.259. The smallest absolute Gasteiger partial charge is 0.0782 e. The van der Waals surface area contributed by atoms with Crippen molar-refractivity contribution in [1.29, 1.82) is 0 Å². The Bertz CT molecular complexity index is 28.0. The summed E-state index contributed by atoms with van der Waals surface area (Å²) < 4.78 is 0. The lowest BCUT2D eigenvalue weighted by molar-refractivity contribution is 0.252. The highest BCUT2D eigenvalue weighted by atomic mass is 16.3. The molecule has 6 heavy (non-hydrogen) atoms. The van der Waals surface area contributed by atoms with Crippen molar-refractivity contribution in [3.05, 3.63) is 0 Å². The number of likely N-dealkylation sites (N-methyl/N-ethyl adjacent to an activating group) is 1. The van der Waals surface area contributed by atoms with Crippen molar-refractivity contribution in [2.45, 2.75) is 6.17 Å². The molecule has 0 aliphatic carbocycles. The Morgan fingerprint density at radius 3 is 2.50 bits per heavy atom. The maximum atomic E-state index is 8.15. The summed E-state index contributed by atoms with van der Waals surface area (Å²) in [4.78, 5) is 0. The highest BCUT2D eigenvalue weighted by Gasteiger charge is 1.88. The van der Waals surface area contributed by atoms with Gasteiger partial charge in [-0.25, -0.2) is 0 Å². The summed E-state index contributed by atoms with van der Waals surface area (Å²) in [7, 11) is 1.70. The lowest BCUT2D eigenvalue weighted by Crippen LogP contribution is -2.37. The standard InChI is InChI=1S/C3H10N2O/c1-5-3(4)2-6/h3,5-6H,2,4H2,1H3/t3-/m0/s1.